The Labute approximate surface area is 284 Å². The lowest BCUT2D eigenvalue weighted by atomic mass is 10.0. The Morgan fingerprint density at radius 3 is 2.15 bits per heavy atom. The summed E-state index contributed by atoms with van der Waals surface area (Å²) in [5.74, 6) is -0.438. The smallest absolute Gasteiger partial charge is 0.264 e. The maximum absolute atomic E-state index is 14.6. The predicted octanol–water partition coefficient (Wildman–Crippen LogP) is 6.86. The van der Waals surface area contributed by atoms with Gasteiger partial charge in [-0.1, -0.05) is 76.1 Å². The average molecular weight is 727 g/mol. The molecule has 0 radical (unpaired) electrons. The number of amides is 2. The van der Waals surface area contributed by atoms with Gasteiger partial charge >= 0.3 is 0 Å². The van der Waals surface area contributed by atoms with Gasteiger partial charge in [0.1, 0.15) is 18.3 Å². The largest absolute Gasteiger partial charge is 0.497 e. The first-order chi connectivity index (χ1) is 21.8. The Kier molecular flexibility index (Phi) is 11.5. The van der Waals surface area contributed by atoms with Gasteiger partial charge < -0.3 is 15.0 Å². The van der Waals surface area contributed by atoms with Gasteiger partial charge in [0.2, 0.25) is 11.8 Å². The van der Waals surface area contributed by atoms with Crippen LogP contribution in [-0.4, -0.2) is 50.4 Å². The van der Waals surface area contributed by atoms with Crippen molar-refractivity contribution in [2.45, 2.75) is 50.2 Å². The highest BCUT2D eigenvalue weighted by Gasteiger charge is 2.35. The molecule has 0 aromatic heterocycles. The second kappa shape index (κ2) is 15.2. The summed E-state index contributed by atoms with van der Waals surface area (Å²) in [6.45, 7) is 5.07. The molecule has 0 bridgehead atoms. The summed E-state index contributed by atoms with van der Waals surface area (Å²) in [6, 6.07) is 28.1. The van der Waals surface area contributed by atoms with Crippen molar-refractivity contribution >= 4 is 55.1 Å². The van der Waals surface area contributed by atoms with Crippen LogP contribution < -0.4 is 14.4 Å². The van der Waals surface area contributed by atoms with Crippen molar-refractivity contribution in [1.29, 1.82) is 0 Å². The first-order valence-electron chi connectivity index (χ1n) is 14.6. The van der Waals surface area contributed by atoms with Gasteiger partial charge in [0.25, 0.3) is 10.0 Å². The van der Waals surface area contributed by atoms with E-state index in [-0.39, 0.29) is 29.5 Å². The minimum absolute atomic E-state index is 0.0362. The lowest BCUT2D eigenvalue weighted by Crippen LogP contribution is -2.56. The number of hydrogen-bond acceptors (Lipinski definition) is 5. The molecular weight excluding hydrogens is 690 g/mol. The molecule has 0 saturated carbocycles. The van der Waals surface area contributed by atoms with Crippen LogP contribution in [0.15, 0.2) is 112 Å². The van der Waals surface area contributed by atoms with Gasteiger partial charge in [-0.15, -0.1) is 0 Å². The Bertz CT molecular complexity index is 1760. The number of sulfonamides is 1. The molecule has 1 atom stereocenters. The molecule has 11 heteroatoms. The number of ether oxygens (including phenoxy) is 1. The standard InChI is InChI=1S/C35H37BrClN3O5S/c1-35(2,3)38-34(42)32(21-25-10-6-5-7-11-25)39(23-26-12-8-13-27(36)20-26)33(41)24-40(29-15-9-14-28(37)22-29)46(43,44)31-18-16-30(45-4)17-19-31/h5-20,22,32H,21,23-24H2,1-4H3,(H,38,42)/t32-/m1/s1. The van der Waals surface area contributed by atoms with E-state index in [4.69, 9.17) is 16.3 Å². The van der Waals surface area contributed by atoms with Gasteiger partial charge in [-0.05, 0) is 86.5 Å². The zero-order chi connectivity index (χ0) is 33.5. The van der Waals surface area contributed by atoms with Crippen molar-refractivity contribution in [3.8, 4) is 5.75 Å². The summed E-state index contributed by atoms with van der Waals surface area (Å²) in [7, 11) is -2.79. The van der Waals surface area contributed by atoms with Gasteiger partial charge in [-0.25, -0.2) is 8.42 Å². The molecule has 4 aromatic carbocycles. The van der Waals surface area contributed by atoms with Crippen molar-refractivity contribution in [3.05, 3.63) is 124 Å². The Morgan fingerprint density at radius 2 is 1.54 bits per heavy atom. The number of hydrogen-bond donors (Lipinski definition) is 1. The molecule has 4 aromatic rings. The summed E-state index contributed by atoms with van der Waals surface area (Å²) >= 11 is 9.80. The van der Waals surface area contributed by atoms with Gasteiger partial charge in [0, 0.05) is 28.0 Å². The number of anilines is 1. The SMILES string of the molecule is COc1ccc(S(=O)(=O)N(CC(=O)N(Cc2cccc(Br)c2)[C@H](Cc2ccccc2)C(=O)NC(C)(C)C)c2cccc(Cl)c2)cc1. The van der Waals surface area contributed by atoms with Crippen LogP contribution in [0.25, 0.3) is 0 Å². The molecule has 0 aliphatic rings. The van der Waals surface area contributed by atoms with Crippen LogP contribution in [0.1, 0.15) is 31.9 Å². The van der Waals surface area contributed by atoms with Gasteiger partial charge in [0.15, 0.2) is 0 Å². The topological polar surface area (TPSA) is 96.0 Å². The molecule has 0 aliphatic carbocycles. The Morgan fingerprint density at radius 1 is 0.891 bits per heavy atom. The highest BCUT2D eigenvalue weighted by Crippen LogP contribution is 2.28. The van der Waals surface area contributed by atoms with Crippen LogP contribution >= 0.6 is 27.5 Å². The van der Waals surface area contributed by atoms with Crippen LogP contribution in [-0.2, 0) is 32.6 Å². The van der Waals surface area contributed by atoms with Crippen molar-refractivity contribution in [1.82, 2.24) is 10.2 Å². The summed E-state index contributed by atoms with van der Waals surface area (Å²) < 4.78 is 35.4. The molecule has 4 rings (SSSR count). The zero-order valence-electron chi connectivity index (χ0n) is 26.1. The molecule has 46 heavy (non-hydrogen) atoms. The van der Waals surface area contributed by atoms with Gasteiger partial charge in [-0.3, -0.25) is 13.9 Å². The van der Waals surface area contributed by atoms with E-state index in [2.05, 4.69) is 21.2 Å². The van der Waals surface area contributed by atoms with Crippen molar-refractivity contribution < 1.29 is 22.7 Å². The monoisotopic (exact) mass is 725 g/mol. The highest BCUT2D eigenvalue weighted by molar-refractivity contribution is 9.10. The van der Waals surface area contributed by atoms with E-state index in [9.17, 15) is 18.0 Å². The average Bonchev–Trinajstić information content (AvgIpc) is 3.01. The third kappa shape index (κ3) is 9.34. The van der Waals surface area contributed by atoms with Crippen molar-refractivity contribution in [3.63, 3.8) is 0 Å². The maximum atomic E-state index is 14.6. The van der Waals surface area contributed by atoms with Gasteiger partial charge in [-0.2, -0.15) is 0 Å². The minimum Gasteiger partial charge on any atom is -0.497 e. The van der Waals surface area contributed by atoms with E-state index in [0.717, 1.165) is 19.9 Å². The van der Waals surface area contributed by atoms with Crippen LogP contribution in [0.5, 0.6) is 5.75 Å². The fraction of sp³-hybridized carbons (Fsp3) is 0.257. The summed E-state index contributed by atoms with van der Waals surface area (Å²) in [5.41, 5.74) is 1.23. The van der Waals surface area contributed by atoms with E-state index in [1.807, 2.05) is 75.4 Å². The zero-order valence-corrected chi connectivity index (χ0v) is 29.3. The van der Waals surface area contributed by atoms with Crippen LogP contribution in [0.3, 0.4) is 0 Å². The molecule has 2 amide bonds. The van der Waals surface area contributed by atoms with Crippen molar-refractivity contribution in [2.75, 3.05) is 18.0 Å². The lowest BCUT2D eigenvalue weighted by molar-refractivity contribution is -0.140. The number of halogens is 2. The molecule has 242 valence electrons. The number of methoxy groups -OCH3 is 1. The van der Waals surface area contributed by atoms with E-state index in [1.54, 1.807) is 18.2 Å². The number of benzene rings is 4. The third-order valence-corrected chi connectivity index (χ3v) is 9.55. The minimum atomic E-state index is -4.27. The Balaban J connectivity index is 1.82. The number of rotatable bonds is 12. The molecule has 0 unspecified atom stereocenters. The number of carbonyl (C=O) groups is 2. The number of nitrogens with zero attached hydrogens (tertiary/aromatic N) is 2. The molecule has 0 fully saturated rings. The number of nitrogens with one attached hydrogen (secondary N) is 1. The quantitative estimate of drug-likeness (QED) is 0.172. The fourth-order valence-electron chi connectivity index (χ4n) is 4.87. The van der Waals surface area contributed by atoms with Crippen LogP contribution in [0.2, 0.25) is 5.02 Å². The van der Waals surface area contributed by atoms with E-state index < -0.39 is 34.1 Å². The first-order valence-corrected chi connectivity index (χ1v) is 17.2. The van der Waals surface area contributed by atoms with Gasteiger partial charge in [0.05, 0.1) is 17.7 Å². The molecule has 1 N–H and O–H groups in total. The third-order valence-electron chi connectivity index (χ3n) is 7.03. The van der Waals surface area contributed by atoms with Crippen LogP contribution in [0, 0.1) is 0 Å². The predicted molar refractivity (Wildman–Crippen MR) is 185 cm³/mol. The van der Waals surface area contributed by atoms with Crippen molar-refractivity contribution in [2.24, 2.45) is 0 Å². The Hall–Kier alpha value is -3.86. The molecular formula is C35H37BrClN3O5S. The first kappa shape index (κ1) is 35.0. The molecule has 0 heterocycles. The fourth-order valence-corrected chi connectivity index (χ4v) is 6.91. The summed E-state index contributed by atoms with van der Waals surface area (Å²) in [4.78, 5) is 29.9. The van der Waals surface area contributed by atoms with E-state index in [0.29, 0.717) is 10.8 Å². The highest BCUT2D eigenvalue weighted by atomic mass is 79.9. The molecule has 0 spiro atoms. The summed E-state index contributed by atoms with van der Waals surface area (Å²) in [5, 5.41) is 3.33. The summed E-state index contributed by atoms with van der Waals surface area (Å²) in [6.07, 6.45) is 0.213. The number of carbonyl (C=O) groups excluding carboxylic acids is 2. The normalized spacial score (nSPS) is 12.2. The molecule has 8 nitrogen and oxygen atoms in total. The maximum Gasteiger partial charge on any atom is 0.264 e. The molecule has 0 saturated heterocycles. The second-order valence-electron chi connectivity index (χ2n) is 11.8. The molecule has 0 aliphatic heterocycles. The van der Waals surface area contributed by atoms with E-state index >= 15 is 0 Å². The lowest BCUT2D eigenvalue weighted by Gasteiger charge is -2.35. The second-order valence-corrected chi connectivity index (χ2v) is 15.0. The van der Waals surface area contributed by atoms with Crippen LogP contribution in [0.4, 0.5) is 5.69 Å². The van der Waals surface area contributed by atoms with E-state index in [1.165, 1.54) is 42.3 Å².